The monoisotopic (exact) mass is 251 g/mol. The molecule has 89 valence electrons. The van der Waals surface area contributed by atoms with Crippen LogP contribution < -0.4 is 10.4 Å². The van der Waals surface area contributed by atoms with Crippen LogP contribution in [0.5, 0.6) is 0 Å². The Labute approximate surface area is 110 Å². The van der Waals surface area contributed by atoms with Gasteiger partial charge in [-0.15, -0.1) is 6.42 Å². The molecule has 1 nitrogen and oxygen atoms in total. The summed E-state index contributed by atoms with van der Waals surface area (Å²) in [4.78, 5) is 0. The van der Waals surface area contributed by atoms with Crippen molar-refractivity contribution in [2.75, 3.05) is 0 Å². The van der Waals surface area contributed by atoms with Crippen molar-refractivity contribution in [3.63, 3.8) is 0 Å². The predicted octanol–water partition coefficient (Wildman–Crippen LogP) is 1.83. The van der Waals surface area contributed by atoms with Gasteiger partial charge in [0.05, 0.1) is 0 Å². The second kappa shape index (κ2) is 6.20. The number of hydrogen-bond donors (Lipinski definition) is 0. The molecule has 0 aromatic heterocycles. The van der Waals surface area contributed by atoms with Crippen molar-refractivity contribution in [3.8, 4) is 12.3 Å². The topological polar surface area (TPSA) is 9.23 Å². The van der Waals surface area contributed by atoms with Crippen LogP contribution in [0.15, 0.2) is 60.7 Å². The standard InChI is InChI=1S/C16H15OSi/c1-3-14(2)17-18(15-10-6-4-7-11-15)16-12-8-5-9-13-16/h1,4-14H,2H3. The molecule has 2 rings (SSSR count). The molecule has 1 unspecified atom stereocenters. The van der Waals surface area contributed by atoms with E-state index in [4.69, 9.17) is 10.8 Å². The first-order valence-corrected chi connectivity index (χ1v) is 7.32. The van der Waals surface area contributed by atoms with Gasteiger partial charge in [-0.1, -0.05) is 66.6 Å². The normalized spacial score (nSPS) is 12.1. The zero-order chi connectivity index (χ0) is 12.8. The molecular formula is C16H15OSi. The fraction of sp³-hybridized carbons (Fsp3) is 0.125. The molecule has 0 aliphatic carbocycles. The third-order valence-corrected chi connectivity index (χ3v) is 4.91. The molecule has 0 aliphatic heterocycles. The minimum absolute atomic E-state index is 0.167. The van der Waals surface area contributed by atoms with Gasteiger partial charge in [0.15, 0.2) is 0 Å². The van der Waals surface area contributed by atoms with Gasteiger partial charge in [-0.2, -0.15) is 0 Å². The summed E-state index contributed by atoms with van der Waals surface area (Å²) in [5.74, 6) is 2.64. The highest BCUT2D eigenvalue weighted by Crippen LogP contribution is 1.98. The van der Waals surface area contributed by atoms with Gasteiger partial charge in [0.25, 0.3) is 9.04 Å². The molecule has 0 saturated heterocycles. The zero-order valence-corrected chi connectivity index (χ0v) is 11.3. The van der Waals surface area contributed by atoms with E-state index in [0.29, 0.717) is 0 Å². The minimum Gasteiger partial charge on any atom is -0.394 e. The summed E-state index contributed by atoms with van der Waals surface area (Å²) in [5.41, 5.74) is 0. The zero-order valence-electron chi connectivity index (χ0n) is 10.3. The third kappa shape index (κ3) is 3.10. The van der Waals surface area contributed by atoms with Gasteiger partial charge >= 0.3 is 0 Å². The number of hydrogen-bond acceptors (Lipinski definition) is 1. The molecule has 1 atom stereocenters. The van der Waals surface area contributed by atoms with Gasteiger partial charge in [0.2, 0.25) is 0 Å². The van der Waals surface area contributed by atoms with Crippen LogP contribution in [-0.2, 0) is 4.43 Å². The maximum Gasteiger partial charge on any atom is 0.284 e. The molecule has 0 saturated carbocycles. The summed E-state index contributed by atoms with van der Waals surface area (Å²) in [6, 6.07) is 20.6. The number of benzene rings is 2. The number of terminal acetylenes is 1. The lowest BCUT2D eigenvalue weighted by molar-refractivity contribution is 0.292. The average molecular weight is 251 g/mol. The molecule has 0 aliphatic rings. The fourth-order valence-electron chi connectivity index (χ4n) is 1.69. The van der Waals surface area contributed by atoms with Crippen molar-refractivity contribution in [3.05, 3.63) is 60.7 Å². The Kier molecular flexibility index (Phi) is 4.35. The molecule has 0 N–H and O–H groups in total. The largest absolute Gasteiger partial charge is 0.394 e. The van der Waals surface area contributed by atoms with E-state index in [-0.39, 0.29) is 6.10 Å². The van der Waals surface area contributed by atoms with Crippen LogP contribution in [0.25, 0.3) is 0 Å². The summed E-state index contributed by atoms with van der Waals surface area (Å²) in [6.07, 6.45) is 5.25. The average Bonchev–Trinajstić information content (AvgIpc) is 2.46. The first-order chi connectivity index (χ1) is 8.81. The fourth-order valence-corrected chi connectivity index (χ4v) is 3.71. The van der Waals surface area contributed by atoms with Crippen LogP contribution in [0, 0.1) is 12.3 Å². The van der Waals surface area contributed by atoms with Gasteiger partial charge in [-0.3, -0.25) is 0 Å². The summed E-state index contributed by atoms with van der Waals surface area (Å²) < 4.78 is 6.04. The van der Waals surface area contributed by atoms with E-state index >= 15 is 0 Å². The van der Waals surface area contributed by atoms with Crippen molar-refractivity contribution in [2.24, 2.45) is 0 Å². The Balaban J connectivity index is 2.33. The Bertz CT molecular complexity index is 476. The molecular weight excluding hydrogens is 236 g/mol. The van der Waals surface area contributed by atoms with Crippen LogP contribution in [0.3, 0.4) is 0 Å². The lowest BCUT2D eigenvalue weighted by Crippen LogP contribution is -2.46. The van der Waals surface area contributed by atoms with Gasteiger partial charge in [0, 0.05) is 0 Å². The Morgan fingerprint density at radius 2 is 1.39 bits per heavy atom. The second-order valence-corrected chi connectivity index (χ2v) is 6.04. The third-order valence-electron chi connectivity index (χ3n) is 2.60. The van der Waals surface area contributed by atoms with Gasteiger partial charge in [0.1, 0.15) is 6.10 Å². The Morgan fingerprint density at radius 3 is 1.78 bits per heavy atom. The van der Waals surface area contributed by atoms with Gasteiger partial charge in [-0.05, 0) is 17.3 Å². The highest BCUT2D eigenvalue weighted by molar-refractivity contribution is 6.80. The van der Waals surface area contributed by atoms with Crippen molar-refractivity contribution in [1.82, 2.24) is 0 Å². The molecule has 1 radical (unpaired) electrons. The van der Waals surface area contributed by atoms with Gasteiger partial charge < -0.3 is 4.43 Å². The molecule has 0 amide bonds. The van der Waals surface area contributed by atoms with Crippen LogP contribution in [-0.4, -0.2) is 15.1 Å². The van der Waals surface area contributed by atoms with E-state index in [0.717, 1.165) is 0 Å². The first kappa shape index (κ1) is 12.6. The van der Waals surface area contributed by atoms with Crippen molar-refractivity contribution < 1.29 is 4.43 Å². The highest BCUT2D eigenvalue weighted by atomic mass is 28.3. The van der Waals surface area contributed by atoms with E-state index in [1.165, 1.54) is 10.4 Å². The maximum absolute atomic E-state index is 6.04. The summed E-state index contributed by atoms with van der Waals surface area (Å²) >= 11 is 0. The lowest BCUT2D eigenvalue weighted by Gasteiger charge is -2.18. The maximum atomic E-state index is 6.04. The Hall–Kier alpha value is -1.82. The summed E-state index contributed by atoms with van der Waals surface area (Å²) in [7, 11) is -1.25. The quantitative estimate of drug-likeness (QED) is 0.595. The first-order valence-electron chi connectivity index (χ1n) is 5.92. The molecule has 2 aromatic carbocycles. The molecule has 0 heterocycles. The van der Waals surface area contributed by atoms with Crippen molar-refractivity contribution in [2.45, 2.75) is 13.0 Å². The van der Waals surface area contributed by atoms with E-state index in [2.05, 4.69) is 30.2 Å². The van der Waals surface area contributed by atoms with Crippen molar-refractivity contribution >= 4 is 19.4 Å². The summed E-state index contributed by atoms with van der Waals surface area (Å²) in [5, 5.41) is 2.44. The predicted molar refractivity (Wildman–Crippen MR) is 77.3 cm³/mol. The van der Waals surface area contributed by atoms with Crippen LogP contribution >= 0.6 is 0 Å². The van der Waals surface area contributed by atoms with Crippen molar-refractivity contribution in [1.29, 1.82) is 0 Å². The second-order valence-electron chi connectivity index (χ2n) is 3.99. The van der Waals surface area contributed by atoms with E-state index in [1.54, 1.807) is 0 Å². The Morgan fingerprint density at radius 1 is 0.944 bits per heavy atom. The van der Waals surface area contributed by atoms with E-state index in [9.17, 15) is 0 Å². The molecule has 2 aromatic rings. The molecule has 0 bridgehead atoms. The lowest BCUT2D eigenvalue weighted by atomic mass is 10.4. The SMILES string of the molecule is C#CC(C)O[Si](c1ccccc1)c1ccccc1. The van der Waals surface area contributed by atoms with Crippen LogP contribution in [0.2, 0.25) is 0 Å². The smallest absolute Gasteiger partial charge is 0.284 e. The molecule has 2 heteroatoms. The molecule has 0 fully saturated rings. The molecule has 18 heavy (non-hydrogen) atoms. The number of rotatable bonds is 4. The van der Waals surface area contributed by atoms with E-state index in [1.807, 2.05) is 43.3 Å². The van der Waals surface area contributed by atoms with E-state index < -0.39 is 9.04 Å². The van der Waals surface area contributed by atoms with Gasteiger partial charge in [-0.25, -0.2) is 0 Å². The summed E-state index contributed by atoms with van der Waals surface area (Å²) in [6.45, 7) is 1.91. The molecule has 0 spiro atoms. The van der Waals surface area contributed by atoms with Crippen LogP contribution in [0.4, 0.5) is 0 Å². The highest BCUT2D eigenvalue weighted by Gasteiger charge is 2.20. The van der Waals surface area contributed by atoms with Crippen LogP contribution in [0.1, 0.15) is 6.92 Å². The minimum atomic E-state index is -1.25.